The first-order chi connectivity index (χ1) is 34.4. The summed E-state index contributed by atoms with van der Waals surface area (Å²) in [5.74, 6) is 0. The highest BCUT2D eigenvalue weighted by atomic mass is 32.2. The second-order valence-corrected chi connectivity index (χ2v) is 26.6. The Balaban J connectivity index is 0.000000187. The third-order valence-corrected chi connectivity index (χ3v) is 17.0. The quantitative estimate of drug-likeness (QED) is 0.0763. The number of nitrogen functional groups attached to an aromatic ring is 4. The van der Waals surface area contributed by atoms with Crippen LogP contribution in [0.25, 0.3) is 43.1 Å². The minimum atomic E-state index is -4.66. The van der Waals surface area contributed by atoms with E-state index in [1.807, 2.05) is 0 Å². The van der Waals surface area contributed by atoms with Crippen molar-refractivity contribution in [2.45, 2.75) is 39.2 Å². The molecule has 0 bridgehead atoms. The van der Waals surface area contributed by atoms with Crippen molar-refractivity contribution in [1.82, 2.24) is 0 Å². The summed E-state index contributed by atoms with van der Waals surface area (Å²) in [6, 6.07) is 23.5. The summed E-state index contributed by atoms with van der Waals surface area (Å²) in [6.07, 6.45) is 0. The maximum Gasteiger partial charge on any atom is 0.296 e. The van der Waals surface area contributed by atoms with Gasteiger partial charge in [-0.3, -0.25) is 36.4 Å². The largest absolute Gasteiger partial charge is 0.399 e. The molecule has 0 aliphatic heterocycles. The fraction of sp³-hybridized carbons (Fsp3) is 0. The van der Waals surface area contributed by atoms with Crippen LogP contribution in [0.3, 0.4) is 0 Å². The number of hydrogen-bond donors (Lipinski definition) is 12. The van der Waals surface area contributed by atoms with Crippen molar-refractivity contribution >= 4 is 147 Å². The normalized spacial score (nSPS) is 12.7. The van der Waals surface area contributed by atoms with Gasteiger partial charge in [-0.05, 0) is 113 Å². The molecule has 0 atom stereocenters. The van der Waals surface area contributed by atoms with Crippen LogP contribution in [0.2, 0.25) is 0 Å². The van der Waals surface area contributed by atoms with Crippen LogP contribution >= 0.6 is 0 Å². The number of anilines is 4. The lowest BCUT2D eigenvalue weighted by atomic mass is 10.1. The fourth-order valence-corrected chi connectivity index (χ4v) is 12.1. The summed E-state index contributed by atoms with van der Waals surface area (Å²) in [5, 5.41) is 1.08. The van der Waals surface area contributed by atoms with Gasteiger partial charge in [0.2, 0.25) is 0 Å². The predicted octanol–water partition coefficient (Wildman–Crippen LogP) is 3.66. The molecule has 28 nitrogen and oxygen atoms in total. The zero-order chi connectivity index (χ0) is 57.7. The van der Waals surface area contributed by atoms with Crippen molar-refractivity contribution < 1.29 is 104 Å². The number of fused-ring (bicyclic) bond motifs is 4. The highest BCUT2D eigenvalue weighted by Gasteiger charge is 2.24. The van der Waals surface area contributed by atoms with Crippen molar-refractivity contribution in [2.75, 3.05) is 22.9 Å². The van der Waals surface area contributed by atoms with E-state index in [-0.39, 0.29) is 65.3 Å². The van der Waals surface area contributed by atoms with Gasteiger partial charge >= 0.3 is 0 Å². The SMILES string of the molecule is Nc1cc(S(=O)(=O)O)c2cccc(S(=O)(=O)O)c2c1.Nc1cc2ccc(S(=O)(=O)O)cc2cc1S(=O)(=O)O.Nc1ccc2c(S(=O)(=O)O)cc(S(=O)(=O)O)cc2c1.Nc1ccc2cc(S(=O)(=O)O)cc(S(=O)(=O)O)c2c1. The van der Waals surface area contributed by atoms with Gasteiger partial charge in [0.15, 0.2) is 0 Å². The summed E-state index contributed by atoms with van der Waals surface area (Å²) in [5.41, 5.74) is 22.3. The third kappa shape index (κ3) is 14.6. The van der Waals surface area contributed by atoms with Crippen LogP contribution in [-0.2, 0) is 80.9 Å². The van der Waals surface area contributed by atoms with Gasteiger partial charge in [0.25, 0.3) is 80.9 Å². The van der Waals surface area contributed by atoms with Gasteiger partial charge in [0.1, 0.15) is 24.5 Å². The Kier molecular flexibility index (Phi) is 16.6. The lowest BCUT2D eigenvalue weighted by Gasteiger charge is -2.08. The molecule has 408 valence electrons. The van der Waals surface area contributed by atoms with Gasteiger partial charge in [0.05, 0.1) is 20.4 Å². The van der Waals surface area contributed by atoms with Crippen LogP contribution in [0.15, 0.2) is 160 Å². The Hall–Kier alpha value is -6.72. The maximum absolute atomic E-state index is 11.3. The maximum atomic E-state index is 11.3. The first-order valence-corrected chi connectivity index (χ1v) is 31.0. The summed E-state index contributed by atoms with van der Waals surface area (Å²) in [6.45, 7) is 0. The summed E-state index contributed by atoms with van der Waals surface area (Å²) < 4.78 is 251. The molecule has 36 heteroatoms. The summed E-state index contributed by atoms with van der Waals surface area (Å²) in [7, 11) is -36.5. The first-order valence-electron chi connectivity index (χ1n) is 19.5. The molecule has 0 aromatic heterocycles. The minimum absolute atomic E-state index is 0.0492. The highest BCUT2D eigenvalue weighted by molar-refractivity contribution is 7.88. The van der Waals surface area contributed by atoms with Gasteiger partial charge in [-0.1, -0.05) is 30.3 Å². The van der Waals surface area contributed by atoms with Crippen LogP contribution in [0.1, 0.15) is 0 Å². The van der Waals surface area contributed by atoms with Gasteiger partial charge in [-0.2, -0.15) is 67.3 Å². The Labute approximate surface area is 431 Å². The predicted molar refractivity (Wildman–Crippen MR) is 272 cm³/mol. The van der Waals surface area contributed by atoms with Crippen molar-refractivity contribution in [3.63, 3.8) is 0 Å². The van der Waals surface area contributed by atoms with E-state index < -0.39 is 115 Å². The van der Waals surface area contributed by atoms with E-state index in [0.717, 1.165) is 42.5 Å². The second-order valence-electron chi connectivity index (χ2n) is 15.4. The molecule has 76 heavy (non-hydrogen) atoms. The number of nitrogens with two attached hydrogens (primary N) is 4. The molecule has 8 aromatic rings. The summed E-state index contributed by atoms with van der Waals surface area (Å²) >= 11 is 0. The monoisotopic (exact) mass is 1210 g/mol. The molecule has 0 heterocycles. The summed E-state index contributed by atoms with van der Waals surface area (Å²) in [4.78, 5) is -4.42. The van der Waals surface area contributed by atoms with Crippen LogP contribution < -0.4 is 22.9 Å². The lowest BCUT2D eigenvalue weighted by molar-refractivity contribution is 0.477. The van der Waals surface area contributed by atoms with Gasteiger partial charge in [0, 0.05) is 38.6 Å². The van der Waals surface area contributed by atoms with Crippen LogP contribution in [0.5, 0.6) is 0 Å². The Bertz CT molecular complexity index is 4670. The van der Waals surface area contributed by atoms with Gasteiger partial charge in [-0.25, -0.2) is 0 Å². The molecule has 0 fully saturated rings. The Morgan fingerprint density at radius 3 is 1.17 bits per heavy atom. The molecule has 0 saturated carbocycles. The van der Waals surface area contributed by atoms with E-state index in [0.29, 0.717) is 17.5 Å². The smallest absolute Gasteiger partial charge is 0.296 e. The van der Waals surface area contributed by atoms with Crippen LogP contribution in [0.4, 0.5) is 22.7 Å². The molecule has 8 rings (SSSR count). The Morgan fingerprint density at radius 1 is 0.250 bits per heavy atom. The molecule has 0 aliphatic rings. The molecule has 8 aromatic carbocycles. The molecule has 0 aliphatic carbocycles. The van der Waals surface area contributed by atoms with Crippen molar-refractivity contribution in [2.24, 2.45) is 0 Å². The molecule has 0 radical (unpaired) electrons. The molecular formula is C40H36N4O24S8. The molecule has 0 unspecified atom stereocenters. The van der Waals surface area contributed by atoms with Crippen molar-refractivity contribution in [3.8, 4) is 0 Å². The third-order valence-electron chi connectivity index (χ3n) is 9.99. The lowest BCUT2D eigenvalue weighted by Crippen LogP contribution is -2.04. The zero-order valence-corrected chi connectivity index (χ0v) is 43.8. The highest BCUT2D eigenvalue weighted by Crippen LogP contribution is 2.33. The van der Waals surface area contributed by atoms with E-state index >= 15 is 0 Å². The van der Waals surface area contributed by atoms with Crippen LogP contribution in [-0.4, -0.2) is 104 Å². The molecular weight excluding hydrogens is 1180 g/mol. The van der Waals surface area contributed by atoms with E-state index in [9.17, 15) is 67.3 Å². The molecule has 16 N–H and O–H groups in total. The average molecular weight is 1210 g/mol. The minimum Gasteiger partial charge on any atom is -0.399 e. The molecule has 0 amide bonds. The average Bonchev–Trinajstić information content (AvgIpc) is 3.25. The topological polar surface area (TPSA) is 539 Å². The second kappa shape index (κ2) is 21.0. The first kappa shape index (κ1) is 60.1. The standard InChI is InChI=1S/4C10H9NO6S2/c11-7-1-2-9-6(3-7)4-8(18(12,13)14)5-10(9)19(15,16)17;11-9-4-6-1-2-8(18(12,13)14)3-7(6)5-10(9)19(15,16)17;11-7-2-1-6-3-8(18(12,13)14)5-10(9(6)4-7)19(15,16)17;11-6-4-8-7(10(5-6)19(15,16)17)2-1-3-9(8)18(12,13)14/h4*1-5H,11H2,(H,12,13,14)(H,15,16,17). The van der Waals surface area contributed by atoms with Crippen LogP contribution in [0, 0.1) is 0 Å². The number of hydrogen-bond acceptors (Lipinski definition) is 20. The van der Waals surface area contributed by atoms with Gasteiger partial charge < -0.3 is 22.9 Å². The van der Waals surface area contributed by atoms with E-state index in [2.05, 4.69) is 0 Å². The fourth-order valence-electron chi connectivity index (χ4n) is 6.81. The van der Waals surface area contributed by atoms with Crippen molar-refractivity contribution in [1.29, 1.82) is 0 Å². The zero-order valence-electron chi connectivity index (χ0n) is 37.2. The molecule has 0 saturated heterocycles. The van der Waals surface area contributed by atoms with E-state index in [1.165, 1.54) is 66.7 Å². The Morgan fingerprint density at radius 2 is 0.671 bits per heavy atom. The van der Waals surface area contributed by atoms with Crippen molar-refractivity contribution in [3.05, 3.63) is 121 Å². The number of rotatable bonds is 8. The number of benzene rings is 8. The van der Waals surface area contributed by atoms with E-state index in [1.54, 1.807) is 0 Å². The van der Waals surface area contributed by atoms with Gasteiger partial charge in [-0.15, -0.1) is 0 Å². The molecule has 0 spiro atoms. The van der Waals surface area contributed by atoms with E-state index in [4.69, 9.17) is 59.4 Å².